The quantitative estimate of drug-likeness (QED) is 0.582. The summed E-state index contributed by atoms with van der Waals surface area (Å²) in [5.74, 6) is 0. The molecule has 1 radical (unpaired) electrons. The van der Waals surface area contributed by atoms with Crippen molar-refractivity contribution < 1.29 is 4.74 Å². The molecule has 0 heterocycles. The van der Waals surface area contributed by atoms with Crippen molar-refractivity contribution in [1.29, 1.82) is 0 Å². The third-order valence-electron chi connectivity index (χ3n) is 0.915. The van der Waals surface area contributed by atoms with Crippen molar-refractivity contribution in [3.05, 3.63) is 6.42 Å². The van der Waals surface area contributed by atoms with E-state index in [-0.39, 0.29) is 12.3 Å². The lowest BCUT2D eigenvalue weighted by molar-refractivity contribution is 0.0118. The van der Waals surface area contributed by atoms with Gasteiger partial charge in [0, 0.05) is 0 Å². The molecule has 0 aromatic rings. The number of hydrogen-bond donors (Lipinski definition) is 1. The topological polar surface area (TPSA) is 35.2 Å². The molecule has 0 aromatic heterocycles. The van der Waals surface area contributed by atoms with Gasteiger partial charge >= 0.3 is 0 Å². The molecule has 0 aromatic carbocycles. The first kappa shape index (κ1) is 8.92. The molecule has 0 amide bonds. The van der Waals surface area contributed by atoms with Crippen LogP contribution in [0.2, 0.25) is 0 Å². The van der Waals surface area contributed by atoms with Crippen molar-refractivity contribution in [2.45, 2.75) is 39.5 Å². The molecular weight excluding hydrogens is 114 g/mol. The summed E-state index contributed by atoms with van der Waals surface area (Å²) in [5, 5.41) is 0. The van der Waals surface area contributed by atoms with E-state index in [9.17, 15) is 0 Å². The molecule has 0 aliphatic carbocycles. The van der Waals surface area contributed by atoms with E-state index in [4.69, 9.17) is 10.5 Å². The fourth-order valence-corrected chi connectivity index (χ4v) is 0.637. The molecule has 9 heavy (non-hydrogen) atoms. The summed E-state index contributed by atoms with van der Waals surface area (Å²) in [5.41, 5.74) is 5.53. The molecule has 1 atom stereocenters. The highest BCUT2D eigenvalue weighted by atomic mass is 16.5. The Kier molecular flexibility index (Phi) is 4.72. The van der Waals surface area contributed by atoms with Gasteiger partial charge in [-0.3, -0.25) is 0 Å². The Balaban J connectivity index is 3.15. The van der Waals surface area contributed by atoms with Gasteiger partial charge in [0.25, 0.3) is 0 Å². The van der Waals surface area contributed by atoms with E-state index in [1.165, 1.54) is 0 Å². The Morgan fingerprint density at radius 3 is 2.44 bits per heavy atom. The molecule has 0 saturated heterocycles. The summed E-state index contributed by atoms with van der Waals surface area (Å²) in [6.45, 7) is 5.94. The average Bonchev–Trinajstić information content (AvgIpc) is 1.63. The maximum Gasteiger partial charge on any atom is 0.106 e. The molecule has 2 nitrogen and oxygen atoms in total. The van der Waals surface area contributed by atoms with Crippen LogP contribution in [0.3, 0.4) is 0 Å². The monoisotopic (exact) mass is 130 g/mol. The van der Waals surface area contributed by atoms with Gasteiger partial charge in [-0.15, -0.1) is 0 Å². The third kappa shape index (κ3) is 5.80. The van der Waals surface area contributed by atoms with E-state index in [0.29, 0.717) is 0 Å². The van der Waals surface area contributed by atoms with Crippen molar-refractivity contribution >= 4 is 0 Å². The van der Waals surface area contributed by atoms with E-state index in [1.54, 1.807) is 0 Å². The number of nitrogens with two attached hydrogens (primary N) is 1. The van der Waals surface area contributed by atoms with Crippen LogP contribution in [0.4, 0.5) is 0 Å². The van der Waals surface area contributed by atoms with Gasteiger partial charge in [-0.05, 0) is 26.7 Å². The highest BCUT2D eigenvalue weighted by Gasteiger charge is 2.01. The molecule has 0 aliphatic rings. The van der Waals surface area contributed by atoms with Crippen LogP contribution in [0.15, 0.2) is 0 Å². The summed E-state index contributed by atoms with van der Waals surface area (Å²) in [7, 11) is 0. The highest BCUT2D eigenvalue weighted by molar-refractivity contribution is 4.61. The fraction of sp³-hybridized carbons (Fsp3) is 0.857. The summed E-state index contributed by atoms with van der Waals surface area (Å²) >= 11 is 0. The second-order valence-electron chi connectivity index (χ2n) is 2.37. The molecular formula is C7H16NO. The Labute approximate surface area is 57.4 Å². The van der Waals surface area contributed by atoms with Crippen molar-refractivity contribution in [2.24, 2.45) is 5.73 Å². The lowest BCUT2D eigenvalue weighted by Gasteiger charge is -2.14. The van der Waals surface area contributed by atoms with E-state index in [0.717, 1.165) is 6.42 Å². The van der Waals surface area contributed by atoms with Crippen LogP contribution in [0.5, 0.6) is 0 Å². The maximum absolute atomic E-state index is 5.53. The predicted octanol–water partition coefficient (Wildman–Crippen LogP) is 1.31. The zero-order valence-electron chi connectivity index (χ0n) is 6.42. The van der Waals surface area contributed by atoms with Crippen LogP contribution in [-0.2, 0) is 4.74 Å². The van der Waals surface area contributed by atoms with E-state index in [1.807, 2.05) is 27.2 Å². The Hall–Kier alpha value is -0.0800. The minimum atomic E-state index is -0.116. The van der Waals surface area contributed by atoms with Gasteiger partial charge in [-0.2, -0.15) is 0 Å². The van der Waals surface area contributed by atoms with E-state index < -0.39 is 0 Å². The van der Waals surface area contributed by atoms with Crippen LogP contribution >= 0.6 is 0 Å². The first-order chi connectivity index (χ1) is 4.16. The van der Waals surface area contributed by atoms with Gasteiger partial charge in [-0.1, -0.05) is 6.92 Å². The van der Waals surface area contributed by atoms with E-state index >= 15 is 0 Å². The van der Waals surface area contributed by atoms with Crippen LogP contribution in [0, 0.1) is 6.42 Å². The molecule has 2 N–H and O–H groups in total. The zero-order valence-corrected chi connectivity index (χ0v) is 6.42. The molecule has 55 valence electrons. The number of hydrogen-bond acceptors (Lipinski definition) is 2. The fourth-order valence-electron chi connectivity index (χ4n) is 0.637. The summed E-state index contributed by atoms with van der Waals surface area (Å²) in [6, 6.07) is 0. The molecule has 2 heteroatoms. The van der Waals surface area contributed by atoms with Gasteiger partial charge in [0.2, 0.25) is 0 Å². The van der Waals surface area contributed by atoms with Crippen molar-refractivity contribution in [3.8, 4) is 0 Å². The Morgan fingerprint density at radius 2 is 2.11 bits per heavy atom. The minimum absolute atomic E-state index is 0.116. The first-order valence-corrected chi connectivity index (χ1v) is 3.35. The van der Waals surface area contributed by atoms with Gasteiger partial charge < -0.3 is 10.5 Å². The standard InChI is InChI=1S/C7H16NO/c1-4-5-7(8)9-6(2)3/h4,6-7H,5,8H2,1-3H3. The van der Waals surface area contributed by atoms with Crippen LogP contribution in [-0.4, -0.2) is 12.3 Å². The molecule has 0 bridgehead atoms. The summed E-state index contributed by atoms with van der Waals surface area (Å²) < 4.78 is 5.24. The van der Waals surface area contributed by atoms with Gasteiger partial charge in [-0.25, -0.2) is 0 Å². The van der Waals surface area contributed by atoms with Crippen LogP contribution in [0.1, 0.15) is 27.2 Å². The van der Waals surface area contributed by atoms with Crippen molar-refractivity contribution in [2.75, 3.05) is 0 Å². The Morgan fingerprint density at radius 1 is 1.56 bits per heavy atom. The number of rotatable bonds is 4. The average molecular weight is 130 g/mol. The largest absolute Gasteiger partial charge is 0.361 e. The van der Waals surface area contributed by atoms with Gasteiger partial charge in [0.15, 0.2) is 0 Å². The molecule has 0 rings (SSSR count). The van der Waals surface area contributed by atoms with Crippen molar-refractivity contribution in [1.82, 2.24) is 0 Å². The predicted molar refractivity (Wildman–Crippen MR) is 38.8 cm³/mol. The molecule has 0 aliphatic heterocycles. The third-order valence-corrected chi connectivity index (χ3v) is 0.915. The molecule has 0 spiro atoms. The lowest BCUT2D eigenvalue weighted by atomic mass is 10.3. The maximum atomic E-state index is 5.53. The second-order valence-corrected chi connectivity index (χ2v) is 2.37. The second kappa shape index (κ2) is 4.77. The zero-order chi connectivity index (χ0) is 7.28. The van der Waals surface area contributed by atoms with Gasteiger partial charge in [0.05, 0.1) is 6.10 Å². The SMILES string of the molecule is C[CH]CC(N)OC(C)C. The van der Waals surface area contributed by atoms with Crippen LogP contribution in [0.25, 0.3) is 0 Å². The smallest absolute Gasteiger partial charge is 0.106 e. The highest BCUT2D eigenvalue weighted by Crippen LogP contribution is 1.97. The van der Waals surface area contributed by atoms with Gasteiger partial charge in [0.1, 0.15) is 6.23 Å². The molecule has 1 unspecified atom stereocenters. The first-order valence-electron chi connectivity index (χ1n) is 3.35. The summed E-state index contributed by atoms with van der Waals surface area (Å²) in [4.78, 5) is 0. The summed E-state index contributed by atoms with van der Waals surface area (Å²) in [6.07, 6.45) is 2.96. The van der Waals surface area contributed by atoms with Crippen molar-refractivity contribution in [3.63, 3.8) is 0 Å². The van der Waals surface area contributed by atoms with Crippen LogP contribution < -0.4 is 5.73 Å². The number of ether oxygens (including phenoxy) is 1. The Bertz CT molecular complexity index is 63.9. The molecule has 0 fully saturated rings. The van der Waals surface area contributed by atoms with E-state index in [2.05, 4.69) is 0 Å². The normalized spacial score (nSPS) is 14.3. The molecule has 0 saturated carbocycles. The minimum Gasteiger partial charge on any atom is -0.361 e. The lowest BCUT2D eigenvalue weighted by Crippen LogP contribution is -2.26.